The first-order valence-electron chi connectivity index (χ1n) is 10.6. The molecular formula is C24H26N6O4S. The van der Waals surface area contributed by atoms with Crippen molar-refractivity contribution in [2.75, 3.05) is 47.3 Å². The van der Waals surface area contributed by atoms with E-state index < -0.39 is 0 Å². The minimum Gasteiger partial charge on any atom is -0.493 e. The summed E-state index contributed by atoms with van der Waals surface area (Å²) in [4.78, 5) is 22.6. The second-order valence-corrected chi connectivity index (χ2v) is 8.67. The van der Waals surface area contributed by atoms with Crippen molar-refractivity contribution >= 4 is 22.4 Å². The Balaban J connectivity index is 1.76. The predicted molar refractivity (Wildman–Crippen MR) is 135 cm³/mol. The number of nitrogens with zero attached hydrogens (tertiary/aromatic N) is 5. The van der Waals surface area contributed by atoms with E-state index in [0.717, 1.165) is 28.1 Å². The maximum absolute atomic E-state index is 12.1. The highest BCUT2D eigenvalue weighted by atomic mass is 32.1. The molecule has 0 radical (unpaired) electrons. The van der Waals surface area contributed by atoms with Crippen molar-refractivity contribution in [1.82, 2.24) is 24.6 Å². The Morgan fingerprint density at radius 1 is 1.06 bits per heavy atom. The molecule has 2 aromatic carbocycles. The molecule has 35 heavy (non-hydrogen) atoms. The van der Waals surface area contributed by atoms with Crippen LogP contribution in [0.2, 0.25) is 0 Å². The van der Waals surface area contributed by atoms with Crippen molar-refractivity contribution in [2.24, 2.45) is 0 Å². The first kappa shape index (κ1) is 24.2. The molecule has 2 heterocycles. The predicted octanol–water partition coefficient (Wildman–Crippen LogP) is 3.58. The van der Waals surface area contributed by atoms with Crippen molar-refractivity contribution in [3.05, 3.63) is 48.4 Å². The Morgan fingerprint density at radius 2 is 1.80 bits per heavy atom. The standard InChI is InChI=1S/C24H26N6O4S/c1-29(2)11-22(31)28-24-27-18(12-35-24)15-6-7-17(19(8-15)30-14-25-13-26-30)16-9-20(32-3)23(34-5)21(10-16)33-4/h6-10,12-14H,11H2,1-5H3,(H,27,28,31). The highest BCUT2D eigenvalue weighted by Crippen LogP contribution is 2.43. The molecule has 182 valence electrons. The van der Waals surface area contributed by atoms with Gasteiger partial charge in [0.25, 0.3) is 0 Å². The van der Waals surface area contributed by atoms with Crippen molar-refractivity contribution in [3.8, 4) is 45.3 Å². The van der Waals surface area contributed by atoms with Gasteiger partial charge in [0.05, 0.1) is 39.3 Å². The number of rotatable bonds is 9. The van der Waals surface area contributed by atoms with E-state index in [1.807, 2.05) is 49.8 Å². The van der Waals surface area contributed by atoms with E-state index in [1.54, 1.807) is 37.2 Å². The Hall–Kier alpha value is -3.96. The Morgan fingerprint density at radius 3 is 2.40 bits per heavy atom. The van der Waals surface area contributed by atoms with Gasteiger partial charge in [0, 0.05) is 16.5 Å². The zero-order chi connectivity index (χ0) is 24.9. The number of amides is 1. The van der Waals surface area contributed by atoms with Crippen LogP contribution >= 0.6 is 11.3 Å². The molecule has 1 amide bonds. The maximum Gasteiger partial charge on any atom is 0.240 e. The summed E-state index contributed by atoms with van der Waals surface area (Å²) in [5.74, 6) is 1.50. The van der Waals surface area contributed by atoms with E-state index in [4.69, 9.17) is 14.2 Å². The summed E-state index contributed by atoms with van der Waals surface area (Å²) >= 11 is 1.37. The van der Waals surface area contributed by atoms with Gasteiger partial charge < -0.3 is 24.4 Å². The van der Waals surface area contributed by atoms with Crippen LogP contribution in [0.4, 0.5) is 5.13 Å². The van der Waals surface area contributed by atoms with Crippen LogP contribution in [0, 0.1) is 0 Å². The number of ether oxygens (including phenoxy) is 3. The van der Waals surface area contributed by atoms with Crippen LogP contribution in [-0.2, 0) is 4.79 Å². The summed E-state index contributed by atoms with van der Waals surface area (Å²) in [6, 6.07) is 9.71. The lowest BCUT2D eigenvalue weighted by molar-refractivity contribution is -0.116. The summed E-state index contributed by atoms with van der Waals surface area (Å²) < 4.78 is 18.2. The molecule has 4 aromatic rings. The van der Waals surface area contributed by atoms with Crippen molar-refractivity contribution in [3.63, 3.8) is 0 Å². The van der Waals surface area contributed by atoms with Crippen molar-refractivity contribution in [2.45, 2.75) is 0 Å². The number of aromatic nitrogens is 4. The molecule has 0 aliphatic heterocycles. The molecule has 0 aliphatic rings. The lowest BCUT2D eigenvalue weighted by atomic mass is 9.99. The molecule has 4 rings (SSSR count). The molecule has 0 bridgehead atoms. The minimum absolute atomic E-state index is 0.114. The zero-order valence-corrected chi connectivity index (χ0v) is 20.9. The van der Waals surface area contributed by atoms with E-state index in [9.17, 15) is 4.79 Å². The van der Waals surface area contributed by atoms with Gasteiger partial charge >= 0.3 is 0 Å². The van der Waals surface area contributed by atoms with E-state index >= 15 is 0 Å². The second kappa shape index (κ2) is 10.5. The average Bonchev–Trinajstić information content (AvgIpc) is 3.55. The molecule has 0 spiro atoms. The lowest BCUT2D eigenvalue weighted by Crippen LogP contribution is -2.26. The molecule has 10 nitrogen and oxygen atoms in total. The number of anilines is 1. The Bertz CT molecular complexity index is 1290. The highest BCUT2D eigenvalue weighted by molar-refractivity contribution is 7.14. The second-order valence-electron chi connectivity index (χ2n) is 7.81. The van der Waals surface area contributed by atoms with Gasteiger partial charge in [0.2, 0.25) is 11.7 Å². The van der Waals surface area contributed by atoms with Crippen molar-refractivity contribution < 1.29 is 19.0 Å². The zero-order valence-electron chi connectivity index (χ0n) is 20.1. The minimum atomic E-state index is -0.114. The molecule has 11 heteroatoms. The molecule has 0 atom stereocenters. The molecular weight excluding hydrogens is 468 g/mol. The topological polar surface area (TPSA) is 104 Å². The molecule has 2 aromatic heterocycles. The number of carbonyl (C=O) groups excluding carboxylic acids is 1. The van der Waals surface area contributed by atoms with Gasteiger partial charge in [0.15, 0.2) is 16.6 Å². The first-order chi connectivity index (χ1) is 16.9. The smallest absolute Gasteiger partial charge is 0.240 e. The third-order valence-electron chi connectivity index (χ3n) is 5.15. The summed E-state index contributed by atoms with van der Waals surface area (Å²) in [7, 11) is 8.42. The van der Waals surface area contributed by atoms with Crippen molar-refractivity contribution in [1.29, 1.82) is 0 Å². The van der Waals surface area contributed by atoms with E-state index in [1.165, 1.54) is 17.7 Å². The summed E-state index contributed by atoms with van der Waals surface area (Å²) in [6.45, 7) is 0.287. The fraction of sp³-hybridized carbons (Fsp3) is 0.250. The van der Waals surface area contributed by atoms with Gasteiger partial charge in [-0.2, -0.15) is 5.10 Å². The van der Waals surface area contributed by atoms with Crippen LogP contribution in [-0.4, -0.2) is 72.5 Å². The van der Waals surface area contributed by atoms with Crippen LogP contribution < -0.4 is 19.5 Å². The number of benzene rings is 2. The molecule has 0 unspecified atom stereocenters. The number of carbonyl (C=O) groups is 1. The SMILES string of the molecule is COc1cc(-c2ccc(-c3csc(NC(=O)CN(C)C)n3)cc2-n2cncn2)cc(OC)c1OC. The summed E-state index contributed by atoms with van der Waals surface area (Å²) in [5, 5.41) is 9.63. The molecule has 1 N–H and O–H groups in total. The maximum atomic E-state index is 12.1. The fourth-order valence-electron chi connectivity index (χ4n) is 3.60. The Labute approximate surface area is 207 Å². The van der Waals surface area contributed by atoms with Gasteiger partial charge in [0.1, 0.15) is 12.7 Å². The molecule has 0 saturated carbocycles. The van der Waals surface area contributed by atoms with Gasteiger partial charge in [-0.05, 0) is 37.9 Å². The quantitative estimate of drug-likeness (QED) is 0.377. The van der Waals surface area contributed by atoms with Crippen LogP contribution in [0.3, 0.4) is 0 Å². The van der Waals surface area contributed by atoms with Gasteiger partial charge in [-0.25, -0.2) is 14.6 Å². The molecule has 0 fully saturated rings. The lowest BCUT2D eigenvalue weighted by Gasteiger charge is -2.16. The Kier molecular flexibility index (Phi) is 7.28. The fourth-order valence-corrected chi connectivity index (χ4v) is 4.34. The third-order valence-corrected chi connectivity index (χ3v) is 5.90. The van der Waals surface area contributed by atoms with Crippen LogP contribution in [0.15, 0.2) is 48.4 Å². The van der Waals surface area contributed by atoms with Gasteiger partial charge in [-0.1, -0.05) is 12.1 Å². The van der Waals surface area contributed by atoms with Crippen LogP contribution in [0.25, 0.3) is 28.1 Å². The average molecular weight is 495 g/mol. The molecule has 0 saturated heterocycles. The van der Waals surface area contributed by atoms with Crippen LogP contribution in [0.5, 0.6) is 17.2 Å². The normalized spacial score (nSPS) is 10.9. The van der Waals surface area contributed by atoms with Gasteiger partial charge in [-0.3, -0.25) is 4.79 Å². The van der Waals surface area contributed by atoms with Crippen LogP contribution in [0.1, 0.15) is 0 Å². The summed E-state index contributed by atoms with van der Waals surface area (Å²) in [6.07, 6.45) is 3.11. The van der Waals surface area contributed by atoms with E-state index in [2.05, 4.69) is 20.4 Å². The first-order valence-corrected chi connectivity index (χ1v) is 11.5. The summed E-state index contributed by atoms with van der Waals surface area (Å²) in [5.41, 5.74) is 4.14. The monoisotopic (exact) mass is 494 g/mol. The number of hydrogen-bond donors (Lipinski definition) is 1. The highest BCUT2D eigenvalue weighted by Gasteiger charge is 2.18. The number of likely N-dealkylation sites (N-methyl/N-ethyl adjacent to an activating group) is 1. The van der Waals surface area contributed by atoms with Gasteiger partial charge in [-0.15, -0.1) is 11.3 Å². The third kappa shape index (κ3) is 5.26. The van der Waals surface area contributed by atoms with E-state index in [-0.39, 0.29) is 12.5 Å². The number of nitrogens with one attached hydrogen (secondary N) is 1. The number of methoxy groups -OCH3 is 3. The number of thiazole rings is 1. The van der Waals surface area contributed by atoms with E-state index in [0.29, 0.717) is 22.4 Å². The number of hydrogen-bond acceptors (Lipinski definition) is 9. The molecule has 0 aliphatic carbocycles. The largest absolute Gasteiger partial charge is 0.493 e.